The normalized spacial score (nSPS) is 27.2. The van der Waals surface area contributed by atoms with Gasteiger partial charge in [0.05, 0.1) is 6.10 Å². The molecule has 0 spiro atoms. The molecule has 2 atom stereocenters. The predicted molar refractivity (Wildman–Crippen MR) is 107 cm³/mol. The number of rotatable bonds is 3. The zero-order chi connectivity index (χ0) is 18.2. The largest absolute Gasteiger partial charge is 0.390 e. The van der Waals surface area contributed by atoms with Gasteiger partial charge in [-0.2, -0.15) is 0 Å². The Hall–Kier alpha value is -1.95. The van der Waals surface area contributed by atoms with E-state index in [2.05, 4.69) is 50.0 Å². The van der Waals surface area contributed by atoms with Crippen LogP contribution in [0.3, 0.4) is 0 Å². The standard InChI is InChI=1S/C22H28N4O/c27-21-16-26(19-13-17-5-1-2-6-18(17)14-19)15-20(21)24-9-11-25(12-10-24)22-7-3-4-8-23-22/h1-8,19-21,27H,9-16H2/t20-,21-/m0/s1. The first-order valence-electron chi connectivity index (χ1n) is 10.2. The van der Waals surface area contributed by atoms with Crippen LogP contribution in [0.2, 0.25) is 0 Å². The van der Waals surface area contributed by atoms with Crippen molar-refractivity contribution in [1.29, 1.82) is 0 Å². The van der Waals surface area contributed by atoms with Crippen LogP contribution >= 0.6 is 0 Å². The molecule has 0 saturated carbocycles. The first kappa shape index (κ1) is 17.2. The molecule has 3 heterocycles. The van der Waals surface area contributed by atoms with Gasteiger partial charge in [0.2, 0.25) is 0 Å². The highest BCUT2D eigenvalue weighted by atomic mass is 16.3. The Kier molecular flexibility index (Phi) is 4.60. The molecule has 2 aromatic rings. The smallest absolute Gasteiger partial charge is 0.128 e. The Morgan fingerprint density at radius 2 is 1.52 bits per heavy atom. The van der Waals surface area contributed by atoms with Crippen molar-refractivity contribution in [3.63, 3.8) is 0 Å². The van der Waals surface area contributed by atoms with E-state index in [0.717, 1.165) is 57.9 Å². The minimum absolute atomic E-state index is 0.241. The molecule has 3 aliphatic rings. The van der Waals surface area contributed by atoms with E-state index in [4.69, 9.17) is 0 Å². The Bertz CT molecular complexity index is 750. The maximum Gasteiger partial charge on any atom is 0.128 e. The van der Waals surface area contributed by atoms with E-state index < -0.39 is 0 Å². The molecule has 1 aromatic carbocycles. The van der Waals surface area contributed by atoms with Crippen LogP contribution < -0.4 is 4.90 Å². The molecule has 5 nitrogen and oxygen atoms in total. The molecule has 27 heavy (non-hydrogen) atoms. The van der Waals surface area contributed by atoms with Gasteiger partial charge in [0, 0.05) is 57.5 Å². The summed E-state index contributed by atoms with van der Waals surface area (Å²) in [6, 6.07) is 15.7. The van der Waals surface area contributed by atoms with Crippen molar-refractivity contribution in [1.82, 2.24) is 14.8 Å². The fourth-order valence-corrected chi connectivity index (χ4v) is 5.07. The van der Waals surface area contributed by atoms with Crippen LogP contribution in [0.15, 0.2) is 48.7 Å². The number of fused-ring (bicyclic) bond motifs is 1. The number of hydrogen-bond donors (Lipinski definition) is 1. The third-order valence-corrected chi connectivity index (χ3v) is 6.59. The molecule has 2 fully saturated rings. The number of anilines is 1. The quantitative estimate of drug-likeness (QED) is 0.892. The van der Waals surface area contributed by atoms with E-state index in [1.807, 2.05) is 18.3 Å². The summed E-state index contributed by atoms with van der Waals surface area (Å²) in [4.78, 5) is 11.8. The summed E-state index contributed by atoms with van der Waals surface area (Å²) in [5.41, 5.74) is 2.98. The fraction of sp³-hybridized carbons (Fsp3) is 0.500. The maximum atomic E-state index is 10.8. The van der Waals surface area contributed by atoms with Gasteiger partial charge in [0.1, 0.15) is 5.82 Å². The van der Waals surface area contributed by atoms with Gasteiger partial charge < -0.3 is 10.0 Å². The lowest BCUT2D eigenvalue weighted by molar-refractivity contribution is 0.0789. The summed E-state index contributed by atoms with van der Waals surface area (Å²) in [5, 5.41) is 10.8. The van der Waals surface area contributed by atoms with Crippen LogP contribution in [0, 0.1) is 0 Å². The molecule has 0 bridgehead atoms. The Balaban J connectivity index is 1.19. The number of aliphatic hydroxyl groups is 1. The summed E-state index contributed by atoms with van der Waals surface area (Å²) >= 11 is 0. The van der Waals surface area contributed by atoms with E-state index in [1.54, 1.807) is 0 Å². The van der Waals surface area contributed by atoms with Crippen LogP contribution in [-0.4, -0.2) is 77.3 Å². The molecule has 0 unspecified atom stereocenters. The predicted octanol–water partition coefficient (Wildman–Crippen LogP) is 1.42. The topological polar surface area (TPSA) is 42.8 Å². The van der Waals surface area contributed by atoms with Crippen LogP contribution in [0.4, 0.5) is 5.82 Å². The molecule has 2 aliphatic heterocycles. The van der Waals surface area contributed by atoms with Crippen molar-refractivity contribution in [3.8, 4) is 0 Å². The lowest BCUT2D eigenvalue weighted by Crippen LogP contribution is -2.54. The molecule has 1 aromatic heterocycles. The van der Waals surface area contributed by atoms with Gasteiger partial charge in [-0.1, -0.05) is 30.3 Å². The highest BCUT2D eigenvalue weighted by Crippen LogP contribution is 2.29. The summed E-state index contributed by atoms with van der Waals surface area (Å²) in [7, 11) is 0. The molecule has 0 radical (unpaired) electrons. The van der Waals surface area contributed by atoms with Crippen LogP contribution in [-0.2, 0) is 12.8 Å². The van der Waals surface area contributed by atoms with Crippen LogP contribution in [0.25, 0.3) is 0 Å². The van der Waals surface area contributed by atoms with Crippen LogP contribution in [0.1, 0.15) is 11.1 Å². The minimum Gasteiger partial charge on any atom is -0.390 e. The Morgan fingerprint density at radius 3 is 2.19 bits per heavy atom. The van der Waals surface area contributed by atoms with Crippen molar-refractivity contribution in [2.45, 2.75) is 31.0 Å². The first-order valence-corrected chi connectivity index (χ1v) is 10.2. The van der Waals surface area contributed by atoms with Gasteiger partial charge in [0.15, 0.2) is 0 Å². The van der Waals surface area contributed by atoms with E-state index in [9.17, 15) is 5.11 Å². The van der Waals surface area contributed by atoms with E-state index in [0.29, 0.717) is 6.04 Å². The number of aromatic nitrogens is 1. The van der Waals surface area contributed by atoms with Crippen molar-refractivity contribution < 1.29 is 5.11 Å². The molecule has 0 amide bonds. The average Bonchev–Trinajstić information content (AvgIpc) is 3.32. The molecule has 142 valence electrons. The van der Waals surface area contributed by atoms with Crippen molar-refractivity contribution in [2.24, 2.45) is 0 Å². The fourth-order valence-electron chi connectivity index (χ4n) is 5.07. The first-order chi connectivity index (χ1) is 13.3. The van der Waals surface area contributed by atoms with Crippen molar-refractivity contribution in [3.05, 3.63) is 59.8 Å². The SMILES string of the molecule is O[C@H]1CN(C2Cc3ccccc3C2)C[C@@H]1N1CCN(c2ccccn2)CC1. The number of nitrogens with zero attached hydrogens (tertiary/aromatic N) is 4. The third-order valence-electron chi connectivity index (χ3n) is 6.59. The van der Waals surface area contributed by atoms with Gasteiger partial charge in [-0.3, -0.25) is 9.80 Å². The maximum absolute atomic E-state index is 10.8. The highest BCUT2D eigenvalue weighted by molar-refractivity contribution is 5.38. The third kappa shape index (κ3) is 3.35. The Morgan fingerprint density at radius 1 is 0.815 bits per heavy atom. The Labute approximate surface area is 161 Å². The lowest BCUT2D eigenvalue weighted by Gasteiger charge is -2.39. The highest BCUT2D eigenvalue weighted by Gasteiger charge is 2.40. The van der Waals surface area contributed by atoms with Crippen molar-refractivity contribution >= 4 is 5.82 Å². The van der Waals surface area contributed by atoms with E-state index in [-0.39, 0.29) is 12.1 Å². The summed E-state index contributed by atoms with van der Waals surface area (Å²) < 4.78 is 0. The summed E-state index contributed by atoms with van der Waals surface area (Å²) in [5.74, 6) is 1.06. The second-order valence-electron chi connectivity index (χ2n) is 8.13. The molecular weight excluding hydrogens is 336 g/mol. The van der Waals surface area contributed by atoms with Crippen molar-refractivity contribution in [2.75, 3.05) is 44.2 Å². The second-order valence-corrected chi connectivity index (χ2v) is 8.13. The number of aliphatic hydroxyl groups excluding tert-OH is 1. The van der Waals surface area contributed by atoms with Crippen LogP contribution in [0.5, 0.6) is 0 Å². The minimum atomic E-state index is -0.241. The summed E-state index contributed by atoms with van der Waals surface area (Å²) in [6.45, 7) is 5.76. The summed E-state index contributed by atoms with van der Waals surface area (Å²) in [6.07, 6.45) is 3.88. The number of hydrogen-bond acceptors (Lipinski definition) is 5. The average molecular weight is 364 g/mol. The monoisotopic (exact) mass is 364 g/mol. The second kappa shape index (κ2) is 7.23. The zero-order valence-corrected chi connectivity index (χ0v) is 15.7. The molecular formula is C22H28N4O. The molecule has 5 heteroatoms. The number of β-amino-alcohol motifs (C(OH)–C–C–N with tert-alkyl or cyclic N) is 1. The number of likely N-dealkylation sites (tertiary alicyclic amines) is 1. The zero-order valence-electron chi connectivity index (χ0n) is 15.7. The number of pyridine rings is 1. The lowest BCUT2D eigenvalue weighted by atomic mass is 10.1. The molecule has 1 N–H and O–H groups in total. The number of piperazine rings is 1. The number of benzene rings is 1. The van der Waals surface area contributed by atoms with E-state index >= 15 is 0 Å². The molecule has 2 saturated heterocycles. The molecule has 5 rings (SSSR count). The van der Waals surface area contributed by atoms with Gasteiger partial charge in [-0.15, -0.1) is 0 Å². The van der Waals surface area contributed by atoms with Gasteiger partial charge in [-0.25, -0.2) is 4.98 Å². The van der Waals surface area contributed by atoms with E-state index in [1.165, 1.54) is 11.1 Å². The molecule has 1 aliphatic carbocycles. The van der Waals surface area contributed by atoms with Gasteiger partial charge in [0.25, 0.3) is 0 Å². The van der Waals surface area contributed by atoms with Gasteiger partial charge >= 0.3 is 0 Å². The van der Waals surface area contributed by atoms with Gasteiger partial charge in [-0.05, 0) is 36.1 Å².